The number of carbonyl (C=O) groups is 1. The van der Waals surface area contributed by atoms with E-state index in [2.05, 4.69) is 0 Å². The molecule has 0 unspecified atom stereocenters. The van der Waals surface area contributed by atoms with Crippen LogP contribution >= 0.6 is 0 Å². The monoisotopic (exact) mass is 200 g/mol. The molecule has 0 aliphatic heterocycles. The molecule has 2 heteroatoms. The van der Waals surface area contributed by atoms with E-state index in [1.165, 1.54) is 6.92 Å². The van der Waals surface area contributed by atoms with Crippen LogP contribution in [0.1, 0.15) is 34.8 Å². The van der Waals surface area contributed by atoms with E-state index in [0.29, 0.717) is 17.7 Å². The van der Waals surface area contributed by atoms with Crippen molar-refractivity contribution in [2.45, 2.75) is 13.3 Å². The summed E-state index contributed by atoms with van der Waals surface area (Å²) in [5, 5.41) is 9.49. The third-order valence-electron chi connectivity index (χ3n) is 2.44. The number of rotatable bonds is 1. The Morgan fingerprint density at radius 2 is 2.13 bits per heavy atom. The van der Waals surface area contributed by atoms with Gasteiger partial charge in [-0.05, 0) is 30.2 Å². The second kappa shape index (κ2) is 3.73. The molecule has 0 amide bonds. The van der Waals surface area contributed by atoms with E-state index in [0.717, 1.165) is 11.1 Å². The van der Waals surface area contributed by atoms with Crippen molar-refractivity contribution in [2.75, 3.05) is 0 Å². The van der Waals surface area contributed by atoms with E-state index in [1.807, 2.05) is 30.4 Å². The van der Waals surface area contributed by atoms with E-state index < -0.39 is 0 Å². The first-order valence-electron chi connectivity index (χ1n) is 4.88. The van der Waals surface area contributed by atoms with Crippen molar-refractivity contribution in [3.63, 3.8) is 0 Å². The Hall–Kier alpha value is -1.83. The molecule has 0 saturated carbocycles. The van der Waals surface area contributed by atoms with Gasteiger partial charge in [-0.2, -0.15) is 0 Å². The van der Waals surface area contributed by atoms with Gasteiger partial charge < -0.3 is 5.11 Å². The lowest BCUT2D eigenvalue weighted by atomic mass is 10.0. The van der Waals surface area contributed by atoms with Gasteiger partial charge in [-0.3, -0.25) is 4.79 Å². The van der Waals surface area contributed by atoms with Crippen LogP contribution in [-0.4, -0.2) is 10.9 Å². The molecular formula is C13H12O2. The minimum absolute atomic E-state index is 0.0407. The van der Waals surface area contributed by atoms with Crippen molar-refractivity contribution in [2.24, 2.45) is 0 Å². The van der Waals surface area contributed by atoms with Crippen LogP contribution in [0.2, 0.25) is 0 Å². The fraction of sp³-hybridized carbons (Fsp3) is 0.154. The molecule has 0 radical (unpaired) electrons. The molecule has 1 aromatic rings. The quantitative estimate of drug-likeness (QED) is 0.707. The molecule has 0 saturated heterocycles. The van der Waals surface area contributed by atoms with Crippen LogP contribution in [0.4, 0.5) is 0 Å². The Morgan fingerprint density at radius 3 is 2.87 bits per heavy atom. The van der Waals surface area contributed by atoms with Gasteiger partial charge in [0, 0.05) is 12.0 Å². The maximum Gasteiger partial charge on any atom is 0.159 e. The summed E-state index contributed by atoms with van der Waals surface area (Å²) in [6.07, 6.45) is 6.12. The van der Waals surface area contributed by atoms with Gasteiger partial charge in [0.25, 0.3) is 0 Å². The molecule has 1 aromatic carbocycles. The summed E-state index contributed by atoms with van der Waals surface area (Å²) in [5.74, 6) is 0.365. The Kier molecular flexibility index (Phi) is 2.42. The van der Waals surface area contributed by atoms with Gasteiger partial charge >= 0.3 is 0 Å². The van der Waals surface area contributed by atoms with Gasteiger partial charge in [-0.1, -0.05) is 24.3 Å². The highest BCUT2D eigenvalue weighted by Crippen LogP contribution is 2.21. The Bertz CT molecular complexity index is 467. The number of benzene rings is 1. The summed E-state index contributed by atoms with van der Waals surface area (Å²) < 4.78 is 0. The summed E-state index contributed by atoms with van der Waals surface area (Å²) in [5.41, 5.74) is 2.60. The van der Waals surface area contributed by atoms with Crippen molar-refractivity contribution in [3.05, 3.63) is 46.7 Å². The zero-order valence-electron chi connectivity index (χ0n) is 8.53. The predicted octanol–water partition coefficient (Wildman–Crippen LogP) is 3.21. The number of ketones is 1. The van der Waals surface area contributed by atoms with Crippen LogP contribution in [0.3, 0.4) is 0 Å². The SMILES string of the molecule is CC(=O)c1ccc2c(c1)C=C(O)CC=C2. The molecule has 0 fully saturated rings. The zero-order valence-corrected chi connectivity index (χ0v) is 8.53. The number of fused-ring (bicyclic) bond motifs is 1. The molecule has 2 rings (SSSR count). The molecule has 0 atom stereocenters. The molecule has 1 N–H and O–H groups in total. The van der Waals surface area contributed by atoms with E-state index >= 15 is 0 Å². The van der Waals surface area contributed by atoms with Crippen molar-refractivity contribution < 1.29 is 9.90 Å². The molecule has 1 aliphatic rings. The number of hydrogen-bond donors (Lipinski definition) is 1. The third kappa shape index (κ3) is 1.99. The lowest BCUT2D eigenvalue weighted by molar-refractivity contribution is 0.101. The zero-order chi connectivity index (χ0) is 10.8. The second-order valence-corrected chi connectivity index (χ2v) is 3.64. The van der Waals surface area contributed by atoms with E-state index in [1.54, 1.807) is 6.08 Å². The van der Waals surface area contributed by atoms with Gasteiger partial charge in [0.2, 0.25) is 0 Å². The standard InChI is InChI=1S/C13H12O2/c1-9(14)11-6-5-10-3-2-4-13(15)8-12(10)7-11/h2-3,5-8,15H,4H2,1H3. The highest BCUT2D eigenvalue weighted by atomic mass is 16.3. The maximum absolute atomic E-state index is 11.2. The smallest absolute Gasteiger partial charge is 0.159 e. The minimum atomic E-state index is 0.0407. The summed E-state index contributed by atoms with van der Waals surface area (Å²) in [6.45, 7) is 1.54. The first-order chi connectivity index (χ1) is 7.16. The number of Topliss-reactive ketones (excluding diaryl/α,β-unsaturated/α-hetero) is 1. The molecule has 0 spiro atoms. The Morgan fingerprint density at radius 1 is 1.33 bits per heavy atom. The van der Waals surface area contributed by atoms with E-state index in [4.69, 9.17) is 0 Å². The van der Waals surface area contributed by atoms with E-state index in [-0.39, 0.29) is 5.78 Å². The average Bonchev–Trinajstić information content (AvgIpc) is 2.37. The van der Waals surface area contributed by atoms with Crippen LogP contribution in [0.5, 0.6) is 0 Å². The Labute approximate surface area is 88.6 Å². The summed E-state index contributed by atoms with van der Waals surface area (Å²) >= 11 is 0. The summed E-state index contributed by atoms with van der Waals surface area (Å²) in [7, 11) is 0. The van der Waals surface area contributed by atoms with Crippen molar-refractivity contribution in [1.29, 1.82) is 0 Å². The minimum Gasteiger partial charge on any atom is -0.512 e. The molecule has 1 aliphatic carbocycles. The van der Waals surface area contributed by atoms with Gasteiger partial charge in [-0.25, -0.2) is 0 Å². The van der Waals surface area contributed by atoms with Gasteiger partial charge in [0.1, 0.15) is 0 Å². The van der Waals surface area contributed by atoms with Crippen LogP contribution in [-0.2, 0) is 0 Å². The molecular weight excluding hydrogens is 188 g/mol. The third-order valence-corrected chi connectivity index (χ3v) is 2.44. The van der Waals surface area contributed by atoms with Crippen molar-refractivity contribution in [1.82, 2.24) is 0 Å². The van der Waals surface area contributed by atoms with Crippen LogP contribution in [0.15, 0.2) is 30.0 Å². The van der Waals surface area contributed by atoms with Crippen LogP contribution in [0.25, 0.3) is 12.2 Å². The summed E-state index contributed by atoms with van der Waals surface area (Å²) in [4.78, 5) is 11.2. The van der Waals surface area contributed by atoms with Crippen molar-refractivity contribution in [3.8, 4) is 0 Å². The highest BCUT2D eigenvalue weighted by molar-refractivity contribution is 5.95. The van der Waals surface area contributed by atoms with E-state index in [9.17, 15) is 9.90 Å². The number of carbonyl (C=O) groups excluding carboxylic acids is 1. The molecule has 0 bridgehead atoms. The molecule has 0 aromatic heterocycles. The first-order valence-corrected chi connectivity index (χ1v) is 4.88. The number of allylic oxidation sites excluding steroid dienone is 1. The lowest BCUT2D eigenvalue weighted by Crippen LogP contribution is -1.93. The summed E-state index contributed by atoms with van der Waals surface area (Å²) in [6, 6.07) is 5.52. The number of aliphatic hydroxyl groups is 1. The largest absolute Gasteiger partial charge is 0.512 e. The van der Waals surface area contributed by atoms with Gasteiger partial charge in [0.05, 0.1) is 5.76 Å². The predicted molar refractivity (Wildman–Crippen MR) is 60.7 cm³/mol. The number of hydrogen-bond acceptors (Lipinski definition) is 2. The van der Waals surface area contributed by atoms with Gasteiger partial charge in [0.15, 0.2) is 5.78 Å². The fourth-order valence-electron chi connectivity index (χ4n) is 1.62. The topological polar surface area (TPSA) is 37.3 Å². The highest BCUT2D eigenvalue weighted by Gasteiger charge is 2.06. The first kappa shape index (κ1) is 9.71. The Balaban J connectivity index is 2.56. The molecule has 0 heterocycles. The molecule has 76 valence electrons. The van der Waals surface area contributed by atoms with Crippen LogP contribution < -0.4 is 0 Å². The second-order valence-electron chi connectivity index (χ2n) is 3.64. The number of aliphatic hydroxyl groups excluding tert-OH is 1. The van der Waals surface area contributed by atoms with Gasteiger partial charge in [-0.15, -0.1) is 0 Å². The fourth-order valence-corrected chi connectivity index (χ4v) is 1.62. The maximum atomic E-state index is 11.2. The van der Waals surface area contributed by atoms with Crippen LogP contribution in [0, 0.1) is 0 Å². The van der Waals surface area contributed by atoms with Crippen molar-refractivity contribution >= 4 is 17.9 Å². The molecule has 2 nitrogen and oxygen atoms in total. The normalized spacial score (nSPS) is 14.1. The molecule has 15 heavy (non-hydrogen) atoms. The average molecular weight is 200 g/mol. The lowest BCUT2D eigenvalue weighted by Gasteiger charge is -2.02.